The molecule has 120 valence electrons. The Morgan fingerprint density at radius 3 is 2.50 bits per heavy atom. The predicted molar refractivity (Wildman–Crippen MR) is 87.5 cm³/mol. The quantitative estimate of drug-likeness (QED) is 0.789. The van der Waals surface area contributed by atoms with Crippen LogP contribution in [0.4, 0.5) is 5.69 Å². The van der Waals surface area contributed by atoms with E-state index in [2.05, 4.69) is 10.6 Å². The average molecular weight is 303 g/mol. The number of hydrogen-bond donors (Lipinski definition) is 2. The second kappa shape index (κ2) is 8.54. The molecule has 5 heteroatoms. The normalized spacial score (nSPS) is 15.6. The zero-order valence-electron chi connectivity index (χ0n) is 13.2. The number of benzene rings is 1. The molecule has 1 aliphatic heterocycles. The number of anilines is 1. The molecule has 2 amide bonds. The molecule has 1 fully saturated rings. The SMILES string of the molecule is CNCCCC(=O)N1CCC(C(=O)Nc2ccccc2)CC1. The van der Waals surface area contributed by atoms with E-state index in [1.807, 2.05) is 42.3 Å². The minimum atomic E-state index is 0.00145. The smallest absolute Gasteiger partial charge is 0.227 e. The maximum Gasteiger partial charge on any atom is 0.227 e. The monoisotopic (exact) mass is 303 g/mol. The molecule has 0 aliphatic carbocycles. The van der Waals surface area contributed by atoms with Gasteiger partial charge in [0, 0.05) is 31.1 Å². The van der Waals surface area contributed by atoms with Crippen molar-refractivity contribution in [3.05, 3.63) is 30.3 Å². The Bertz CT molecular complexity index is 482. The van der Waals surface area contributed by atoms with Crippen LogP contribution in [0.15, 0.2) is 30.3 Å². The lowest BCUT2D eigenvalue weighted by molar-refractivity contribution is -0.134. The molecule has 5 nitrogen and oxygen atoms in total. The van der Waals surface area contributed by atoms with Gasteiger partial charge in [-0.1, -0.05) is 18.2 Å². The van der Waals surface area contributed by atoms with Gasteiger partial charge >= 0.3 is 0 Å². The van der Waals surface area contributed by atoms with E-state index in [9.17, 15) is 9.59 Å². The van der Waals surface area contributed by atoms with Crippen molar-refractivity contribution in [1.82, 2.24) is 10.2 Å². The Balaban J connectivity index is 1.74. The van der Waals surface area contributed by atoms with Gasteiger partial charge in [-0.2, -0.15) is 0 Å². The number of nitrogens with zero attached hydrogens (tertiary/aromatic N) is 1. The van der Waals surface area contributed by atoms with E-state index in [0.29, 0.717) is 19.5 Å². The first kappa shape index (κ1) is 16.5. The van der Waals surface area contributed by atoms with Crippen LogP contribution in [0.1, 0.15) is 25.7 Å². The first-order valence-corrected chi connectivity index (χ1v) is 7.99. The van der Waals surface area contributed by atoms with Crippen molar-refractivity contribution in [2.45, 2.75) is 25.7 Å². The third-order valence-electron chi connectivity index (χ3n) is 4.08. The minimum absolute atomic E-state index is 0.00145. The minimum Gasteiger partial charge on any atom is -0.343 e. The highest BCUT2D eigenvalue weighted by Crippen LogP contribution is 2.20. The largest absolute Gasteiger partial charge is 0.343 e. The molecule has 0 unspecified atom stereocenters. The fourth-order valence-electron chi connectivity index (χ4n) is 2.73. The lowest BCUT2D eigenvalue weighted by Gasteiger charge is -2.31. The van der Waals surface area contributed by atoms with Crippen molar-refractivity contribution >= 4 is 17.5 Å². The van der Waals surface area contributed by atoms with Crippen LogP contribution in [0, 0.1) is 5.92 Å². The maximum absolute atomic E-state index is 12.2. The number of carbonyl (C=O) groups is 2. The van der Waals surface area contributed by atoms with Crippen molar-refractivity contribution in [2.24, 2.45) is 5.92 Å². The topological polar surface area (TPSA) is 61.4 Å². The van der Waals surface area contributed by atoms with Gasteiger partial charge in [0.2, 0.25) is 11.8 Å². The fourth-order valence-corrected chi connectivity index (χ4v) is 2.73. The second-order valence-electron chi connectivity index (χ2n) is 5.72. The lowest BCUT2D eigenvalue weighted by atomic mass is 9.95. The van der Waals surface area contributed by atoms with E-state index >= 15 is 0 Å². The van der Waals surface area contributed by atoms with Gasteiger partial charge in [-0.25, -0.2) is 0 Å². The average Bonchev–Trinajstić information content (AvgIpc) is 2.56. The van der Waals surface area contributed by atoms with E-state index in [0.717, 1.165) is 31.5 Å². The number of carbonyl (C=O) groups excluding carboxylic acids is 2. The molecule has 1 aromatic carbocycles. The summed E-state index contributed by atoms with van der Waals surface area (Å²) in [6.45, 7) is 2.23. The van der Waals surface area contributed by atoms with Crippen molar-refractivity contribution in [3.8, 4) is 0 Å². The summed E-state index contributed by atoms with van der Waals surface area (Å²) in [6, 6.07) is 9.51. The molecule has 1 aliphatic rings. The summed E-state index contributed by atoms with van der Waals surface area (Å²) in [7, 11) is 1.89. The van der Waals surface area contributed by atoms with Crippen LogP contribution in [0.2, 0.25) is 0 Å². The Labute approximate surface area is 132 Å². The van der Waals surface area contributed by atoms with E-state index in [-0.39, 0.29) is 17.7 Å². The molecule has 0 saturated carbocycles. The number of amides is 2. The van der Waals surface area contributed by atoms with E-state index < -0.39 is 0 Å². The standard InChI is InChI=1S/C17H25N3O2/c1-18-11-5-8-16(21)20-12-9-14(10-13-20)17(22)19-15-6-3-2-4-7-15/h2-4,6-7,14,18H,5,8-13H2,1H3,(H,19,22). The molecule has 0 spiro atoms. The molecule has 1 aromatic rings. The van der Waals surface area contributed by atoms with Gasteiger partial charge in [0.15, 0.2) is 0 Å². The molecule has 0 bridgehead atoms. The molecule has 0 radical (unpaired) electrons. The summed E-state index contributed by atoms with van der Waals surface area (Å²) >= 11 is 0. The van der Waals surface area contributed by atoms with Crippen molar-refractivity contribution in [3.63, 3.8) is 0 Å². The molecule has 0 aromatic heterocycles. The highest BCUT2D eigenvalue weighted by atomic mass is 16.2. The zero-order chi connectivity index (χ0) is 15.8. The summed E-state index contributed by atoms with van der Waals surface area (Å²) in [5.74, 6) is 0.271. The van der Waals surface area contributed by atoms with Crippen LogP contribution < -0.4 is 10.6 Å². The number of para-hydroxylation sites is 1. The van der Waals surface area contributed by atoms with E-state index in [4.69, 9.17) is 0 Å². The summed E-state index contributed by atoms with van der Waals surface area (Å²) in [5, 5.41) is 5.99. The Morgan fingerprint density at radius 2 is 1.86 bits per heavy atom. The van der Waals surface area contributed by atoms with Gasteiger partial charge in [0.1, 0.15) is 0 Å². The van der Waals surface area contributed by atoms with Crippen LogP contribution in [-0.4, -0.2) is 43.4 Å². The van der Waals surface area contributed by atoms with Crippen LogP contribution in [0.5, 0.6) is 0 Å². The van der Waals surface area contributed by atoms with Gasteiger partial charge < -0.3 is 15.5 Å². The Morgan fingerprint density at radius 1 is 1.18 bits per heavy atom. The molecular formula is C17H25N3O2. The van der Waals surface area contributed by atoms with Gasteiger partial charge in [-0.05, 0) is 45.0 Å². The predicted octanol–water partition coefficient (Wildman–Crippen LogP) is 1.86. The second-order valence-corrected chi connectivity index (χ2v) is 5.72. The van der Waals surface area contributed by atoms with Crippen molar-refractivity contribution in [1.29, 1.82) is 0 Å². The summed E-state index contributed by atoms with van der Waals surface area (Å²) in [6.07, 6.45) is 2.94. The number of hydrogen-bond acceptors (Lipinski definition) is 3. The van der Waals surface area contributed by atoms with Crippen molar-refractivity contribution < 1.29 is 9.59 Å². The third-order valence-corrected chi connectivity index (χ3v) is 4.08. The highest BCUT2D eigenvalue weighted by molar-refractivity contribution is 5.92. The summed E-state index contributed by atoms with van der Waals surface area (Å²) in [5.41, 5.74) is 0.832. The highest BCUT2D eigenvalue weighted by Gasteiger charge is 2.26. The van der Waals surface area contributed by atoms with Gasteiger partial charge in [-0.15, -0.1) is 0 Å². The van der Waals surface area contributed by atoms with Crippen LogP contribution >= 0.6 is 0 Å². The molecule has 1 saturated heterocycles. The third kappa shape index (κ3) is 4.84. The number of likely N-dealkylation sites (tertiary alicyclic amines) is 1. The van der Waals surface area contributed by atoms with Gasteiger partial charge in [-0.3, -0.25) is 9.59 Å². The summed E-state index contributed by atoms with van der Waals surface area (Å²) < 4.78 is 0. The molecule has 2 N–H and O–H groups in total. The molecule has 1 heterocycles. The first-order chi connectivity index (χ1) is 10.7. The zero-order valence-corrected chi connectivity index (χ0v) is 13.2. The van der Waals surface area contributed by atoms with Gasteiger partial charge in [0.25, 0.3) is 0 Å². The number of rotatable bonds is 6. The van der Waals surface area contributed by atoms with Crippen molar-refractivity contribution in [2.75, 3.05) is 32.0 Å². The van der Waals surface area contributed by atoms with E-state index in [1.165, 1.54) is 0 Å². The lowest BCUT2D eigenvalue weighted by Crippen LogP contribution is -2.41. The van der Waals surface area contributed by atoms with Crippen LogP contribution in [0.25, 0.3) is 0 Å². The fraction of sp³-hybridized carbons (Fsp3) is 0.529. The number of nitrogens with one attached hydrogen (secondary N) is 2. The molecule has 0 atom stereocenters. The maximum atomic E-state index is 12.2. The molecule has 2 rings (SSSR count). The molecular weight excluding hydrogens is 278 g/mol. The summed E-state index contributed by atoms with van der Waals surface area (Å²) in [4.78, 5) is 26.2. The van der Waals surface area contributed by atoms with Crippen LogP contribution in [-0.2, 0) is 9.59 Å². The van der Waals surface area contributed by atoms with E-state index in [1.54, 1.807) is 0 Å². The Kier molecular flexibility index (Phi) is 6.40. The Hall–Kier alpha value is -1.88. The number of piperidine rings is 1. The van der Waals surface area contributed by atoms with Gasteiger partial charge in [0.05, 0.1) is 0 Å². The molecule has 22 heavy (non-hydrogen) atoms. The van der Waals surface area contributed by atoms with Crippen LogP contribution in [0.3, 0.4) is 0 Å². The first-order valence-electron chi connectivity index (χ1n) is 7.99.